The molecule has 3 saturated heterocycles. The van der Waals surface area contributed by atoms with Crippen molar-refractivity contribution in [2.45, 2.75) is 38.1 Å². The number of nitrogens with zero attached hydrogens (tertiary/aromatic N) is 3. The smallest absolute Gasteiger partial charge is 0.253 e. The maximum Gasteiger partial charge on any atom is 0.253 e. The van der Waals surface area contributed by atoms with Crippen LogP contribution in [0.4, 0.5) is 5.69 Å². The van der Waals surface area contributed by atoms with Crippen molar-refractivity contribution in [1.82, 2.24) is 9.80 Å². The molecule has 0 spiro atoms. The fraction of sp³-hybridized carbons (Fsp3) is 0.619. The molecule has 0 bridgehead atoms. The molecule has 6 heteroatoms. The number of likely N-dealkylation sites (N-methyl/N-ethyl adjacent to an activating group) is 1. The van der Waals surface area contributed by atoms with Crippen molar-refractivity contribution in [3.63, 3.8) is 0 Å². The molecule has 2 amide bonds. The number of rotatable bonds is 3. The SMILES string of the molecule is CN1CCC[C@]2(CO)CCN(C(=O)c3ccc(N4CCCC4=O)cc3)C[C@@H]12. The minimum Gasteiger partial charge on any atom is -0.396 e. The number of piperidine rings is 2. The summed E-state index contributed by atoms with van der Waals surface area (Å²) in [5, 5.41) is 10.0. The second-order valence-corrected chi connectivity index (χ2v) is 8.32. The Morgan fingerprint density at radius 1 is 1.15 bits per heavy atom. The highest BCUT2D eigenvalue weighted by Gasteiger charge is 2.47. The minimum atomic E-state index is -0.0657. The third-order valence-electron chi connectivity index (χ3n) is 6.80. The summed E-state index contributed by atoms with van der Waals surface area (Å²) in [5.41, 5.74) is 1.48. The first-order chi connectivity index (χ1) is 13.0. The highest BCUT2D eigenvalue weighted by atomic mass is 16.3. The summed E-state index contributed by atoms with van der Waals surface area (Å²) >= 11 is 0. The molecule has 146 valence electrons. The lowest BCUT2D eigenvalue weighted by Crippen LogP contribution is -2.62. The number of hydrogen-bond acceptors (Lipinski definition) is 4. The maximum absolute atomic E-state index is 13.0. The van der Waals surface area contributed by atoms with Crippen LogP contribution in [0.25, 0.3) is 0 Å². The van der Waals surface area contributed by atoms with Gasteiger partial charge in [-0.25, -0.2) is 0 Å². The third-order valence-corrected chi connectivity index (χ3v) is 6.80. The van der Waals surface area contributed by atoms with Crippen LogP contribution in [-0.4, -0.2) is 72.6 Å². The number of likely N-dealkylation sites (tertiary alicyclic amines) is 2. The Morgan fingerprint density at radius 2 is 1.93 bits per heavy atom. The third kappa shape index (κ3) is 3.25. The number of amides is 2. The first kappa shape index (κ1) is 18.4. The zero-order valence-corrected chi connectivity index (χ0v) is 16.1. The van der Waals surface area contributed by atoms with Gasteiger partial charge in [0.2, 0.25) is 5.91 Å². The molecule has 27 heavy (non-hydrogen) atoms. The predicted octanol–water partition coefficient (Wildman–Crippen LogP) is 1.73. The van der Waals surface area contributed by atoms with Crippen molar-refractivity contribution >= 4 is 17.5 Å². The zero-order chi connectivity index (χ0) is 19.0. The van der Waals surface area contributed by atoms with Crippen LogP contribution in [0.15, 0.2) is 24.3 Å². The summed E-state index contributed by atoms with van der Waals surface area (Å²) in [4.78, 5) is 31.0. The molecule has 4 rings (SSSR count). The topological polar surface area (TPSA) is 64.1 Å². The van der Waals surface area contributed by atoms with E-state index in [1.165, 1.54) is 0 Å². The first-order valence-corrected chi connectivity index (χ1v) is 10.0. The van der Waals surface area contributed by atoms with Crippen molar-refractivity contribution in [3.8, 4) is 0 Å². The van der Waals surface area contributed by atoms with Gasteiger partial charge in [0.1, 0.15) is 0 Å². The lowest BCUT2D eigenvalue weighted by Gasteiger charge is -2.53. The van der Waals surface area contributed by atoms with Gasteiger partial charge in [-0.2, -0.15) is 0 Å². The number of benzene rings is 1. The van der Waals surface area contributed by atoms with Gasteiger partial charge in [0.25, 0.3) is 5.91 Å². The summed E-state index contributed by atoms with van der Waals surface area (Å²) in [6, 6.07) is 7.65. The number of carbonyl (C=O) groups is 2. The van der Waals surface area contributed by atoms with E-state index in [4.69, 9.17) is 0 Å². The zero-order valence-electron chi connectivity index (χ0n) is 16.1. The van der Waals surface area contributed by atoms with E-state index < -0.39 is 0 Å². The Hall–Kier alpha value is -1.92. The normalized spacial score (nSPS) is 29.1. The van der Waals surface area contributed by atoms with Crippen LogP contribution < -0.4 is 4.90 Å². The molecule has 2 atom stereocenters. The summed E-state index contributed by atoms with van der Waals surface area (Å²) in [6.45, 7) is 3.34. The monoisotopic (exact) mass is 371 g/mol. The Morgan fingerprint density at radius 3 is 2.59 bits per heavy atom. The van der Waals surface area contributed by atoms with Gasteiger partial charge in [-0.3, -0.25) is 9.59 Å². The van der Waals surface area contributed by atoms with E-state index in [2.05, 4.69) is 11.9 Å². The highest BCUT2D eigenvalue weighted by Crippen LogP contribution is 2.41. The van der Waals surface area contributed by atoms with E-state index in [9.17, 15) is 14.7 Å². The molecule has 0 aliphatic carbocycles. The molecule has 3 fully saturated rings. The molecule has 6 nitrogen and oxygen atoms in total. The lowest BCUT2D eigenvalue weighted by molar-refractivity contribution is -0.117. The van der Waals surface area contributed by atoms with Gasteiger partial charge in [-0.15, -0.1) is 0 Å². The van der Waals surface area contributed by atoms with E-state index in [1.54, 1.807) is 4.90 Å². The fourth-order valence-electron chi connectivity index (χ4n) is 5.09. The number of aliphatic hydroxyl groups excluding tert-OH is 1. The highest BCUT2D eigenvalue weighted by molar-refractivity contribution is 5.97. The number of carbonyl (C=O) groups excluding carboxylic acids is 2. The maximum atomic E-state index is 13.0. The number of fused-ring (bicyclic) bond motifs is 1. The lowest BCUT2D eigenvalue weighted by atomic mass is 9.69. The Bertz CT molecular complexity index is 720. The van der Waals surface area contributed by atoms with Gasteiger partial charge >= 0.3 is 0 Å². The molecule has 0 saturated carbocycles. The summed E-state index contributed by atoms with van der Waals surface area (Å²) < 4.78 is 0. The average molecular weight is 371 g/mol. The molecule has 3 aliphatic heterocycles. The summed E-state index contributed by atoms with van der Waals surface area (Å²) in [7, 11) is 2.10. The van der Waals surface area contributed by atoms with Gasteiger partial charge in [-0.05, 0) is 63.5 Å². The van der Waals surface area contributed by atoms with Gasteiger partial charge in [-0.1, -0.05) is 0 Å². The van der Waals surface area contributed by atoms with Crippen LogP contribution >= 0.6 is 0 Å². The van der Waals surface area contributed by atoms with Crippen molar-refractivity contribution < 1.29 is 14.7 Å². The summed E-state index contributed by atoms with van der Waals surface area (Å²) in [6.07, 6.45) is 4.51. The van der Waals surface area contributed by atoms with Crippen LogP contribution in [0.1, 0.15) is 42.5 Å². The van der Waals surface area contributed by atoms with E-state index >= 15 is 0 Å². The second kappa shape index (κ2) is 7.24. The van der Waals surface area contributed by atoms with Crippen LogP contribution in [0.5, 0.6) is 0 Å². The van der Waals surface area contributed by atoms with Crippen LogP contribution in [0, 0.1) is 5.41 Å². The first-order valence-electron chi connectivity index (χ1n) is 10.0. The Labute approximate surface area is 160 Å². The standard InChI is InChI=1S/C21H29N3O3/c1-22-11-3-9-21(15-25)10-13-23(14-18(21)22)20(27)16-5-7-17(8-6-16)24-12-2-4-19(24)26/h5-8,18,25H,2-4,9-15H2,1H3/t18-,21-/m1/s1. The summed E-state index contributed by atoms with van der Waals surface area (Å²) in [5.74, 6) is 0.200. The number of aliphatic hydroxyl groups is 1. The van der Waals surface area contributed by atoms with E-state index in [1.807, 2.05) is 29.2 Å². The Kier molecular flexibility index (Phi) is 4.95. The molecular formula is C21H29N3O3. The molecule has 0 aromatic heterocycles. The quantitative estimate of drug-likeness (QED) is 0.879. The van der Waals surface area contributed by atoms with E-state index in [-0.39, 0.29) is 29.9 Å². The van der Waals surface area contributed by atoms with Gasteiger partial charge in [0, 0.05) is 48.8 Å². The van der Waals surface area contributed by atoms with Gasteiger partial charge in [0.05, 0.1) is 6.61 Å². The van der Waals surface area contributed by atoms with Crippen LogP contribution in [0.3, 0.4) is 0 Å². The molecule has 1 N–H and O–H groups in total. The molecule has 1 aromatic carbocycles. The molecule has 3 aliphatic rings. The Balaban J connectivity index is 1.47. The predicted molar refractivity (Wildman–Crippen MR) is 104 cm³/mol. The van der Waals surface area contributed by atoms with E-state index in [0.717, 1.165) is 44.5 Å². The van der Waals surface area contributed by atoms with Crippen molar-refractivity contribution in [3.05, 3.63) is 29.8 Å². The van der Waals surface area contributed by atoms with Crippen molar-refractivity contribution in [2.24, 2.45) is 5.41 Å². The van der Waals surface area contributed by atoms with Crippen LogP contribution in [-0.2, 0) is 4.79 Å². The number of hydrogen-bond donors (Lipinski definition) is 1. The van der Waals surface area contributed by atoms with E-state index in [0.29, 0.717) is 25.1 Å². The average Bonchev–Trinajstić information content (AvgIpc) is 3.13. The van der Waals surface area contributed by atoms with Gasteiger partial charge < -0.3 is 19.8 Å². The fourth-order valence-corrected chi connectivity index (χ4v) is 5.09. The largest absolute Gasteiger partial charge is 0.396 e. The molecule has 1 aromatic rings. The molecule has 0 unspecified atom stereocenters. The minimum absolute atomic E-state index is 0.0415. The van der Waals surface area contributed by atoms with Crippen LogP contribution in [0.2, 0.25) is 0 Å². The molecule has 3 heterocycles. The molecule has 0 radical (unpaired) electrons. The van der Waals surface area contributed by atoms with Gasteiger partial charge in [0.15, 0.2) is 0 Å². The number of anilines is 1. The second-order valence-electron chi connectivity index (χ2n) is 8.32. The molecular weight excluding hydrogens is 342 g/mol. The van der Waals surface area contributed by atoms with Crippen molar-refractivity contribution in [1.29, 1.82) is 0 Å². The van der Waals surface area contributed by atoms with Crippen molar-refractivity contribution in [2.75, 3.05) is 44.7 Å².